The number of rotatable bonds is 8. The fourth-order valence-electron chi connectivity index (χ4n) is 1.82. The molecule has 6 nitrogen and oxygen atoms in total. The Kier molecular flexibility index (Phi) is 7.00. The molecule has 2 amide bonds. The summed E-state index contributed by atoms with van der Waals surface area (Å²) in [7, 11) is 0. The predicted molar refractivity (Wildman–Crippen MR) is 79.1 cm³/mol. The Morgan fingerprint density at radius 3 is 2.75 bits per heavy atom. The van der Waals surface area contributed by atoms with Crippen LogP contribution in [0, 0.1) is 12.8 Å². The van der Waals surface area contributed by atoms with Crippen molar-refractivity contribution in [3.8, 4) is 0 Å². The van der Waals surface area contributed by atoms with Gasteiger partial charge in [-0.2, -0.15) is 0 Å². The van der Waals surface area contributed by atoms with Gasteiger partial charge in [-0.05, 0) is 25.7 Å². The number of aryl methyl sites for hydroxylation is 1. The lowest BCUT2D eigenvalue weighted by molar-refractivity contribution is -0.137. The van der Waals surface area contributed by atoms with Gasteiger partial charge in [0.2, 0.25) is 0 Å². The van der Waals surface area contributed by atoms with Gasteiger partial charge in [0, 0.05) is 18.3 Å². The third kappa shape index (κ3) is 6.51. The molecule has 0 aliphatic carbocycles. The van der Waals surface area contributed by atoms with Gasteiger partial charge in [-0.3, -0.25) is 10.1 Å². The Balaban J connectivity index is 2.21. The number of hydrogen-bond donors (Lipinski definition) is 3. The molecule has 1 aromatic rings. The highest BCUT2D eigenvalue weighted by Gasteiger charge is 2.10. The quantitative estimate of drug-likeness (QED) is 0.688. The number of carbonyl (C=O) groups is 2. The van der Waals surface area contributed by atoms with E-state index >= 15 is 0 Å². The van der Waals surface area contributed by atoms with E-state index in [1.54, 1.807) is 0 Å². The molecule has 3 N–H and O–H groups in total. The summed E-state index contributed by atoms with van der Waals surface area (Å²) in [6.07, 6.45) is 2.54. The van der Waals surface area contributed by atoms with Crippen LogP contribution >= 0.6 is 11.3 Å². The van der Waals surface area contributed by atoms with E-state index in [0.29, 0.717) is 24.0 Å². The van der Waals surface area contributed by atoms with E-state index in [-0.39, 0.29) is 12.5 Å². The van der Waals surface area contributed by atoms with Crippen molar-refractivity contribution in [2.45, 2.75) is 39.5 Å². The topological polar surface area (TPSA) is 91.3 Å². The number of thiazole rings is 1. The molecule has 0 saturated carbocycles. The molecule has 0 radical (unpaired) electrons. The lowest BCUT2D eigenvalue weighted by Gasteiger charge is -2.13. The zero-order chi connectivity index (χ0) is 15.0. The van der Waals surface area contributed by atoms with Gasteiger partial charge in [0.1, 0.15) is 0 Å². The smallest absolute Gasteiger partial charge is 0.321 e. The molecule has 0 saturated heterocycles. The van der Waals surface area contributed by atoms with Gasteiger partial charge in [0.05, 0.1) is 5.69 Å². The van der Waals surface area contributed by atoms with Crippen LogP contribution in [0.25, 0.3) is 0 Å². The van der Waals surface area contributed by atoms with Gasteiger partial charge in [0.25, 0.3) is 0 Å². The van der Waals surface area contributed by atoms with E-state index in [0.717, 1.165) is 18.5 Å². The Morgan fingerprint density at radius 2 is 2.20 bits per heavy atom. The zero-order valence-corrected chi connectivity index (χ0v) is 12.6. The van der Waals surface area contributed by atoms with Crippen molar-refractivity contribution < 1.29 is 14.7 Å². The van der Waals surface area contributed by atoms with Gasteiger partial charge in [-0.1, -0.05) is 13.3 Å². The minimum Gasteiger partial charge on any atom is -0.481 e. The average Bonchev–Trinajstić information content (AvgIpc) is 2.78. The number of hydrogen-bond acceptors (Lipinski definition) is 4. The van der Waals surface area contributed by atoms with Gasteiger partial charge in [0.15, 0.2) is 5.13 Å². The Bertz CT molecular complexity index is 448. The molecule has 20 heavy (non-hydrogen) atoms. The molecule has 112 valence electrons. The third-order valence-electron chi connectivity index (χ3n) is 3.02. The molecule has 0 fully saturated rings. The number of nitrogens with one attached hydrogen (secondary N) is 2. The second-order valence-electron chi connectivity index (χ2n) is 4.67. The third-order valence-corrected chi connectivity index (χ3v) is 3.90. The first-order valence-electron chi connectivity index (χ1n) is 6.70. The van der Waals surface area contributed by atoms with Crippen molar-refractivity contribution in [3.63, 3.8) is 0 Å². The zero-order valence-electron chi connectivity index (χ0n) is 11.8. The first kappa shape index (κ1) is 16.4. The predicted octanol–water partition coefficient (Wildman–Crippen LogP) is 2.85. The summed E-state index contributed by atoms with van der Waals surface area (Å²) in [5.41, 5.74) is 0.880. The Morgan fingerprint density at radius 1 is 1.45 bits per heavy atom. The molecular weight excluding hydrogens is 278 g/mol. The van der Waals surface area contributed by atoms with Crippen molar-refractivity contribution in [2.24, 2.45) is 5.92 Å². The fraction of sp³-hybridized carbons (Fsp3) is 0.615. The van der Waals surface area contributed by atoms with Crippen LogP contribution < -0.4 is 10.6 Å². The first-order chi connectivity index (χ1) is 9.51. The number of nitrogens with zero attached hydrogens (tertiary/aromatic N) is 1. The molecule has 1 aromatic heterocycles. The van der Waals surface area contributed by atoms with Gasteiger partial charge in [-0.15, -0.1) is 11.3 Å². The van der Waals surface area contributed by atoms with Crippen LogP contribution in [0.4, 0.5) is 9.93 Å². The van der Waals surface area contributed by atoms with Crippen molar-refractivity contribution in [1.29, 1.82) is 0 Å². The number of carboxylic acids is 1. The normalized spacial score (nSPS) is 11.9. The van der Waals surface area contributed by atoms with E-state index in [2.05, 4.69) is 15.6 Å². The molecule has 0 aliphatic heterocycles. The highest BCUT2D eigenvalue weighted by atomic mass is 32.1. The van der Waals surface area contributed by atoms with Gasteiger partial charge < -0.3 is 10.4 Å². The monoisotopic (exact) mass is 299 g/mol. The summed E-state index contributed by atoms with van der Waals surface area (Å²) in [6.45, 7) is 4.44. The van der Waals surface area contributed by atoms with Crippen LogP contribution in [0.1, 0.15) is 38.3 Å². The summed E-state index contributed by atoms with van der Waals surface area (Å²) < 4.78 is 0. The maximum atomic E-state index is 11.6. The number of anilines is 1. The van der Waals surface area contributed by atoms with E-state index in [1.165, 1.54) is 11.3 Å². The van der Waals surface area contributed by atoms with E-state index in [1.807, 2.05) is 19.2 Å². The standard InChI is InChI=1S/C13H21N3O3S/c1-3-10(4-5-11(17)18)6-7-14-12(19)16-13-15-9(2)8-20-13/h8,10H,3-7H2,1-2H3,(H,17,18)(H2,14,15,16,19). The van der Waals surface area contributed by atoms with Crippen LogP contribution in [0.15, 0.2) is 5.38 Å². The van der Waals surface area contributed by atoms with Crippen LogP contribution in [-0.2, 0) is 4.79 Å². The second-order valence-corrected chi connectivity index (χ2v) is 5.53. The Hall–Kier alpha value is -1.63. The Labute approximate surface area is 122 Å². The molecule has 0 aliphatic rings. The first-order valence-corrected chi connectivity index (χ1v) is 7.58. The highest BCUT2D eigenvalue weighted by Crippen LogP contribution is 2.15. The van der Waals surface area contributed by atoms with Gasteiger partial charge in [-0.25, -0.2) is 9.78 Å². The fourth-order valence-corrected chi connectivity index (χ4v) is 2.51. The number of carboxylic acid groups (broad SMARTS) is 1. The summed E-state index contributed by atoms with van der Waals surface area (Å²) in [5.74, 6) is -0.443. The molecule has 0 spiro atoms. The molecule has 1 rings (SSSR count). The number of urea groups is 1. The number of aliphatic carboxylic acids is 1. The minimum absolute atomic E-state index is 0.184. The summed E-state index contributed by atoms with van der Waals surface area (Å²) in [4.78, 5) is 26.3. The molecule has 0 bridgehead atoms. The largest absolute Gasteiger partial charge is 0.481 e. The summed E-state index contributed by atoms with van der Waals surface area (Å²) >= 11 is 1.39. The minimum atomic E-state index is -0.770. The van der Waals surface area contributed by atoms with Crippen LogP contribution in [0.3, 0.4) is 0 Å². The van der Waals surface area contributed by atoms with Crippen molar-refractivity contribution in [3.05, 3.63) is 11.1 Å². The molecular formula is C13H21N3O3S. The van der Waals surface area contributed by atoms with Crippen molar-refractivity contribution in [1.82, 2.24) is 10.3 Å². The van der Waals surface area contributed by atoms with Crippen LogP contribution in [0.5, 0.6) is 0 Å². The van der Waals surface area contributed by atoms with E-state index in [9.17, 15) is 9.59 Å². The highest BCUT2D eigenvalue weighted by molar-refractivity contribution is 7.13. The molecule has 1 unspecified atom stereocenters. The number of carbonyl (C=O) groups excluding carboxylic acids is 1. The lowest BCUT2D eigenvalue weighted by Crippen LogP contribution is -2.30. The SMILES string of the molecule is CCC(CCNC(=O)Nc1nc(C)cs1)CCC(=O)O. The molecule has 7 heteroatoms. The lowest BCUT2D eigenvalue weighted by atomic mass is 9.97. The molecule has 1 heterocycles. The number of amides is 2. The van der Waals surface area contributed by atoms with E-state index in [4.69, 9.17) is 5.11 Å². The van der Waals surface area contributed by atoms with Crippen LogP contribution in [0.2, 0.25) is 0 Å². The van der Waals surface area contributed by atoms with Crippen LogP contribution in [-0.4, -0.2) is 28.6 Å². The maximum absolute atomic E-state index is 11.6. The summed E-state index contributed by atoms with van der Waals surface area (Å²) in [5, 5.41) is 16.5. The summed E-state index contributed by atoms with van der Waals surface area (Å²) in [6, 6.07) is -0.271. The number of aromatic nitrogens is 1. The molecule has 0 aromatic carbocycles. The van der Waals surface area contributed by atoms with E-state index < -0.39 is 5.97 Å². The second kappa shape index (κ2) is 8.52. The van der Waals surface area contributed by atoms with Crippen molar-refractivity contribution >= 4 is 28.5 Å². The van der Waals surface area contributed by atoms with Crippen molar-refractivity contribution in [2.75, 3.05) is 11.9 Å². The average molecular weight is 299 g/mol. The molecule has 1 atom stereocenters. The maximum Gasteiger partial charge on any atom is 0.321 e. The van der Waals surface area contributed by atoms with Gasteiger partial charge >= 0.3 is 12.0 Å².